The van der Waals surface area contributed by atoms with Crippen molar-refractivity contribution in [1.29, 1.82) is 0 Å². The fraction of sp³-hybridized carbons (Fsp3) is 0.308. The number of nitrogens with zero attached hydrogens (tertiary/aromatic N) is 2. The van der Waals surface area contributed by atoms with E-state index in [1.807, 2.05) is 18.2 Å². The van der Waals surface area contributed by atoms with Gasteiger partial charge in [-0.05, 0) is 49.1 Å². The van der Waals surface area contributed by atoms with Crippen LogP contribution in [-0.4, -0.2) is 26.4 Å². The molecule has 168 valence electrons. The van der Waals surface area contributed by atoms with Gasteiger partial charge in [0.1, 0.15) is 6.61 Å². The zero-order chi connectivity index (χ0) is 23.5. The zero-order valence-electron chi connectivity index (χ0n) is 18.8. The first kappa shape index (κ1) is 21.3. The molecule has 0 spiro atoms. The van der Waals surface area contributed by atoms with Crippen LogP contribution in [0.25, 0.3) is 28.4 Å². The lowest BCUT2D eigenvalue weighted by Gasteiger charge is -2.31. The van der Waals surface area contributed by atoms with Gasteiger partial charge in [-0.1, -0.05) is 32.1 Å². The van der Waals surface area contributed by atoms with Crippen LogP contribution in [0.4, 0.5) is 0 Å². The first-order chi connectivity index (χ1) is 15.8. The molecule has 7 heteroatoms. The number of aromatic nitrogens is 2. The molecule has 2 aromatic heterocycles. The summed E-state index contributed by atoms with van der Waals surface area (Å²) in [6.07, 6.45) is 4.20. The molecule has 0 saturated heterocycles. The van der Waals surface area contributed by atoms with Crippen molar-refractivity contribution in [2.24, 2.45) is 0 Å². The van der Waals surface area contributed by atoms with Crippen molar-refractivity contribution < 1.29 is 19.4 Å². The Kier molecular flexibility index (Phi) is 4.83. The van der Waals surface area contributed by atoms with Gasteiger partial charge in [0, 0.05) is 16.5 Å². The Morgan fingerprint density at radius 2 is 2.06 bits per heavy atom. The molecule has 0 aliphatic carbocycles. The molecule has 1 aromatic carbocycles. The maximum absolute atomic E-state index is 13.3. The highest BCUT2D eigenvalue weighted by molar-refractivity contribution is 5.97. The minimum Gasteiger partial charge on any atom is -0.458 e. The van der Waals surface area contributed by atoms with Crippen molar-refractivity contribution in [3.05, 3.63) is 68.5 Å². The molecule has 0 saturated carbocycles. The van der Waals surface area contributed by atoms with Crippen LogP contribution in [-0.2, 0) is 39.5 Å². The van der Waals surface area contributed by atoms with Crippen LogP contribution in [0.15, 0.2) is 35.1 Å². The van der Waals surface area contributed by atoms with Crippen LogP contribution in [0.2, 0.25) is 0 Å². The summed E-state index contributed by atoms with van der Waals surface area (Å²) in [5.74, 6) is -0.775. The number of carbonyl (C=O) groups excluding carboxylic acids is 2. The molecule has 0 bridgehead atoms. The number of rotatable bonds is 4. The molecular weight excluding hydrogens is 420 g/mol. The molecule has 33 heavy (non-hydrogen) atoms. The maximum Gasteiger partial charge on any atom is 0.343 e. The summed E-state index contributed by atoms with van der Waals surface area (Å²) in [7, 11) is 0. The Morgan fingerprint density at radius 3 is 2.76 bits per heavy atom. The van der Waals surface area contributed by atoms with Gasteiger partial charge < -0.3 is 14.4 Å². The summed E-state index contributed by atoms with van der Waals surface area (Å²) >= 11 is 0. The Balaban J connectivity index is 1.77. The SMILES string of the molecule is CCc1ccc(/C=C/C(C)=O)c2cc3c(nc12)-c1cc2c(c(=O)n1C3)COC(=O)[C@]2(O)CC. The van der Waals surface area contributed by atoms with Crippen molar-refractivity contribution in [3.8, 4) is 11.4 Å². The predicted octanol–water partition coefficient (Wildman–Crippen LogP) is 3.24. The number of aliphatic hydroxyl groups is 1. The van der Waals surface area contributed by atoms with Gasteiger partial charge >= 0.3 is 5.97 Å². The molecule has 4 heterocycles. The standard InChI is InChI=1S/C26H24N2O5/c1-4-15-8-9-16(7-6-14(3)29)18-10-17-12-28-21(23(17)27-22(15)18)11-20-19(24(28)30)13-33-25(31)26(20,32)5-2/h6-11,32H,4-5,12-13H2,1-3H3/b7-6+/t26-/m0/s1. The van der Waals surface area contributed by atoms with E-state index in [1.54, 1.807) is 23.6 Å². The molecule has 0 unspecified atom stereocenters. The van der Waals surface area contributed by atoms with Gasteiger partial charge in [0.15, 0.2) is 11.4 Å². The van der Waals surface area contributed by atoms with Gasteiger partial charge in [-0.2, -0.15) is 0 Å². The van der Waals surface area contributed by atoms with Gasteiger partial charge in [0.2, 0.25) is 0 Å². The fourth-order valence-electron chi connectivity index (χ4n) is 4.78. The smallest absolute Gasteiger partial charge is 0.343 e. The molecule has 0 amide bonds. The van der Waals surface area contributed by atoms with E-state index >= 15 is 0 Å². The predicted molar refractivity (Wildman–Crippen MR) is 124 cm³/mol. The number of hydrogen-bond donors (Lipinski definition) is 1. The van der Waals surface area contributed by atoms with Gasteiger partial charge in [-0.25, -0.2) is 9.78 Å². The van der Waals surface area contributed by atoms with E-state index in [0.29, 0.717) is 29.1 Å². The minimum atomic E-state index is -1.85. The Labute approximate surface area is 190 Å². The van der Waals surface area contributed by atoms with Crippen molar-refractivity contribution in [1.82, 2.24) is 9.55 Å². The van der Waals surface area contributed by atoms with E-state index in [1.165, 1.54) is 13.0 Å². The number of fused-ring (bicyclic) bond motifs is 5. The highest BCUT2D eigenvalue weighted by Crippen LogP contribution is 2.39. The summed E-state index contributed by atoms with van der Waals surface area (Å²) in [4.78, 5) is 42.1. The van der Waals surface area contributed by atoms with Gasteiger partial charge in [0.25, 0.3) is 5.56 Å². The summed E-state index contributed by atoms with van der Waals surface area (Å²) in [5, 5.41) is 11.9. The Morgan fingerprint density at radius 1 is 1.27 bits per heavy atom. The molecular formula is C26H24N2O5. The number of ether oxygens (including phenoxy) is 1. The molecule has 2 aliphatic rings. The van der Waals surface area contributed by atoms with Crippen LogP contribution >= 0.6 is 0 Å². The van der Waals surface area contributed by atoms with Crippen LogP contribution in [0.5, 0.6) is 0 Å². The maximum atomic E-state index is 13.3. The second kappa shape index (κ2) is 7.49. The van der Waals surface area contributed by atoms with Crippen LogP contribution in [0.1, 0.15) is 55.0 Å². The average molecular weight is 444 g/mol. The first-order valence-corrected chi connectivity index (χ1v) is 11.1. The monoisotopic (exact) mass is 444 g/mol. The number of hydrogen-bond acceptors (Lipinski definition) is 6. The summed E-state index contributed by atoms with van der Waals surface area (Å²) < 4.78 is 6.76. The zero-order valence-corrected chi connectivity index (χ0v) is 18.8. The number of allylic oxidation sites excluding steroid dienone is 1. The summed E-state index contributed by atoms with van der Waals surface area (Å²) in [6.45, 7) is 5.43. The lowest BCUT2D eigenvalue weighted by molar-refractivity contribution is -0.172. The largest absolute Gasteiger partial charge is 0.458 e. The highest BCUT2D eigenvalue weighted by Gasteiger charge is 2.45. The van der Waals surface area contributed by atoms with E-state index in [9.17, 15) is 19.5 Å². The lowest BCUT2D eigenvalue weighted by Crippen LogP contribution is -2.44. The molecule has 1 N–H and O–H groups in total. The summed E-state index contributed by atoms with van der Waals surface area (Å²) in [5.41, 5.74) is 3.37. The normalized spacial score (nSPS) is 18.8. The number of aryl methyl sites for hydroxylation is 1. The van der Waals surface area contributed by atoms with E-state index in [-0.39, 0.29) is 24.4 Å². The number of cyclic esters (lactones) is 1. The van der Waals surface area contributed by atoms with Gasteiger partial charge in [-0.15, -0.1) is 0 Å². The number of pyridine rings is 2. The second-order valence-corrected chi connectivity index (χ2v) is 8.61. The molecule has 3 aromatic rings. The number of benzene rings is 1. The molecule has 2 aliphatic heterocycles. The number of esters is 1. The third kappa shape index (κ3) is 3.07. The van der Waals surface area contributed by atoms with Crippen LogP contribution in [0.3, 0.4) is 0 Å². The molecule has 0 fully saturated rings. The number of ketones is 1. The Bertz CT molecular complexity index is 1450. The van der Waals surface area contributed by atoms with Crippen LogP contribution < -0.4 is 5.56 Å². The quantitative estimate of drug-likeness (QED) is 0.383. The van der Waals surface area contributed by atoms with Crippen LogP contribution in [0, 0.1) is 0 Å². The molecule has 1 atom stereocenters. The van der Waals surface area contributed by atoms with E-state index < -0.39 is 11.6 Å². The van der Waals surface area contributed by atoms with Crippen molar-refractivity contribution in [2.45, 2.75) is 52.4 Å². The van der Waals surface area contributed by atoms with E-state index in [0.717, 1.165) is 34.0 Å². The molecule has 7 nitrogen and oxygen atoms in total. The van der Waals surface area contributed by atoms with Crippen molar-refractivity contribution in [3.63, 3.8) is 0 Å². The first-order valence-electron chi connectivity index (χ1n) is 11.1. The summed E-state index contributed by atoms with van der Waals surface area (Å²) in [6, 6.07) is 7.72. The van der Waals surface area contributed by atoms with Crippen molar-refractivity contribution in [2.75, 3.05) is 0 Å². The Hall–Kier alpha value is -3.58. The third-order valence-corrected chi connectivity index (χ3v) is 6.67. The average Bonchev–Trinajstić information content (AvgIpc) is 3.17. The van der Waals surface area contributed by atoms with Crippen molar-refractivity contribution >= 4 is 28.7 Å². The van der Waals surface area contributed by atoms with E-state index in [2.05, 4.69) is 6.92 Å². The lowest BCUT2D eigenvalue weighted by atomic mass is 9.86. The fourth-order valence-corrected chi connectivity index (χ4v) is 4.78. The minimum absolute atomic E-state index is 0.0402. The third-order valence-electron chi connectivity index (χ3n) is 6.67. The highest BCUT2D eigenvalue weighted by atomic mass is 16.6. The second-order valence-electron chi connectivity index (χ2n) is 8.61. The van der Waals surface area contributed by atoms with Gasteiger partial charge in [0.05, 0.1) is 29.0 Å². The molecule has 0 radical (unpaired) electrons. The van der Waals surface area contributed by atoms with E-state index in [4.69, 9.17) is 9.72 Å². The van der Waals surface area contributed by atoms with Gasteiger partial charge in [-0.3, -0.25) is 9.59 Å². The number of carbonyl (C=O) groups is 2. The topological polar surface area (TPSA) is 98.5 Å². The molecule has 5 rings (SSSR count).